The van der Waals surface area contributed by atoms with E-state index in [2.05, 4.69) is 104 Å². The topological polar surface area (TPSA) is 29.1 Å². The van der Waals surface area contributed by atoms with Gasteiger partial charge in [-0.05, 0) is 22.3 Å². The summed E-state index contributed by atoms with van der Waals surface area (Å²) < 4.78 is 0. The van der Waals surface area contributed by atoms with E-state index in [1.165, 1.54) is 22.3 Å². The Bertz CT molecular complexity index is 912. The molecule has 0 aliphatic rings. The molecule has 0 saturated heterocycles. The average molecular weight is 400 g/mol. The van der Waals surface area contributed by atoms with E-state index in [9.17, 15) is 4.79 Å². The summed E-state index contributed by atoms with van der Waals surface area (Å²) in [6, 6.07) is 30.1. The summed E-state index contributed by atoms with van der Waals surface area (Å²) in [6.45, 7) is 10.8. The van der Waals surface area contributed by atoms with E-state index in [1.807, 2.05) is 20.8 Å². The van der Waals surface area contributed by atoms with Crippen LogP contribution >= 0.6 is 0 Å². The molecule has 3 rings (SSSR count). The van der Waals surface area contributed by atoms with E-state index in [-0.39, 0.29) is 22.7 Å². The highest BCUT2D eigenvalue weighted by Gasteiger charge is 2.26. The van der Waals surface area contributed by atoms with Crippen LogP contribution < -0.4 is 5.32 Å². The number of hydrogen-bond donors (Lipinski definition) is 1. The SMILES string of the molecule is CC(C)(C)C(=O)NCC(C)(C)c1ccc(C(c2ccccc2)c2ccccc2)cc1. The van der Waals surface area contributed by atoms with Crippen LogP contribution in [0.25, 0.3) is 0 Å². The molecule has 30 heavy (non-hydrogen) atoms. The van der Waals surface area contributed by atoms with E-state index >= 15 is 0 Å². The predicted molar refractivity (Wildman–Crippen MR) is 126 cm³/mol. The number of nitrogens with one attached hydrogen (secondary N) is 1. The maximum Gasteiger partial charge on any atom is 0.225 e. The average Bonchev–Trinajstić information content (AvgIpc) is 2.73. The standard InChI is InChI=1S/C28H33NO/c1-27(2,3)26(30)29-20-28(4,5)24-18-16-23(17-19-24)25(21-12-8-6-9-13-21)22-14-10-7-11-15-22/h6-19,25H,20H2,1-5H3,(H,29,30). The van der Waals surface area contributed by atoms with E-state index < -0.39 is 0 Å². The summed E-state index contributed by atoms with van der Waals surface area (Å²) in [6.07, 6.45) is 0. The Labute approximate surface area is 181 Å². The minimum Gasteiger partial charge on any atom is -0.355 e. The van der Waals surface area contributed by atoms with Gasteiger partial charge < -0.3 is 5.32 Å². The molecule has 156 valence electrons. The highest BCUT2D eigenvalue weighted by Crippen LogP contribution is 2.33. The van der Waals surface area contributed by atoms with Gasteiger partial charge in [0, 0.05) is 23.3 Å². The molecule has 1 amide bonds. The van der Waals surface area contributed by atoms with Crippen LogP contribution in [0, 0.1) is 5.41 Å². The van der Waals surface area contributed by atoms with Crippen LogP contribution in [0.3, 0.4) is 0 Å². The summed E-state index contributed by atoms with van der Waals surface area (Å²) in [4.78, 5) is 12.3. The molecular weight excluding hydrogens is 366 g/mol. The lowest BCUT2D eigenvalue weighted by molar-refractivity contribution is -0.128. The van der Waals surface area contributed by atoms with Crippen LogP contribution in [0.2, 0.25) is 0 Å². The fourth-order valence-electron chi connectivity index (χ4n) is 3.66. The monoisotopic (exact) mass is 399 g/mol. The van der Waals surface area contributed by atoms with Gasteiger partial charge in [0.05, 0.1) is 0 Å². The van der Waals surface area contributed by atoms with Crippen molar-refractivity contribution in [3.05, 3.63) is 107 Å². The Morgan fingerprint density at radius 2 is 1.13 bits per heavy atom. The molecule has 3 aromatic rings. The number of carbonyl (C=O) groups excluding carboxylic acids is 1. The molecule has 3 aromatic carbocycles. The first kappa shape index (κ1) is 21.8. The maximum atomic E-state index is 12.3. The van der Waals surface area contributed by atoms with Gasteiger partial charge in [-0.25, -0.2) is 0 Å². The molecule has 2 heteroatoms. The van der Waals surface area contributed by atoms with Crippen molar-refractivity contribution in [2.75, 3.05) is 6.54 Å². The first-order chi connectivity index (χ1) is 14.2. The third-order valence-corrected chi connectivity index (χ3v) is 5.66. The number of hydrogen-bond acceptors (Lipinski definition) is 1. The van der Waals surface area contributed by atoms with Crippen molar-refractivity contribution < 1.29 is 4.79 Å². The zero-order valence-corrected chi connectivity index (χ0v) is 18.8. The highest BCUT2D eigenvalue weighted by atomic mass is 16.2. The Morgan fingerprint density at radius 1 is 0.700 bits per heavy atom. The Hall–Kier alpha value is -2.87. The maximum absolute atomic E-state index is 12.3. The van der Waals surface area contributed by atoms with Gasteiger partial charge in [-0.15, -0.1) is 0 Å². The second kappa shape index (κ2) is 8.87. The number of benzene rings is 3. The zero-order chi connectivity index (χ0) is 21.8. The third-order valence-electron chi connectivity index (χ3n) is 5.66. The lowest BCUT2D eigenvalue weighted by Crippen LogP contribution is -2.41. The lowest BCUT2D eigenvalue weighted by Gasteiger charge is -2.28. The number of rotatable bonds is 6. The molecule has 0 aliphatic carbocycles. The van der Waals surface area contributed by atoms with Crippen molar-refractivity contribution in [3.8, 4) is 0 Å². The molecule has 0 aromatic heterocycles. The zero-order valence-electron chi connectivity index (χ0n) is 18.8. The minimum absolute atomic E-state index is 0.0837. The van der Waals surface area contributed by atoms with Gasteiger partial charge in [0.25, 0.3) is 0 Å². The van der Waals surface area contributed by atoms with Crippen LogP contribution in [0.1, 0.15) is 62.8 Å². The van der Waals surface area contributed by atoms with Gasteiger partial charge in [0.1, 0.15) is 0 Å². The van der Waals surface area contributed by atoms with Crippen LogP contribution in [-0.2, 0) is 10.2 Å². The van der Waals surface area contributed by atoms with Gasteiger partial charge in [-0.3, -0.25) is 4.79 Å². The van der Waals surface area contributed by atoms with Crippen LogP contribution in [0.15, 0.2) is 84.9 Å². The smallest absolute Gasteiger partial charge is 0.225 e. The minimum atomic E-state index is -0.376. The molecule has 0 unspecified atom stereocenters. The van der Waals surface area contributed by atoms with Gasteiger partial charge in [-0.1, -0.05) is 120 Å². The molecule has 1 N–H and O–H groups in total. The molecule has 0 atom stereocenters. The molecule has 0 radical (unpaired) electrons. The third kappa shape index (κ3) is 5.18. The Kier molecular flexibility index (Phi) is 6.45. The highest BCUT2D eigenvalue weighted by molar-refractivity contribution is 5.81. The van der Waals surface area contributed by atoms with Gasteiger partial charge in [0.15, 0.2) is 0 Å². The first-order valence-electron chi connectivity index (χ1n) is 10.7. The van der Waals surface area contributed by atoms with Crippen molar-refractivity contribution in [1.29, 1.82) is 0 Å². The summed E-state index contributed by atoms with van der Waals surface area (Å²) in [5, 5.41) is 3.11. The Balaban J connectivity index is 1.86. The van der Waals surface area contributed by atoms with Gasteiger partial charge in [-0.2, -0.15) is 0 Å². The fraction of sp³-hybridized carbons (Fsp3) is 0.321. The molecule has 0 heterocycles. The second-order valence-electron chi connectivity index (χ2n) is 9.69. The summed E-state index contributed by atoms with van der Waals surface area (Å²) >= 11 is 0. The van der Waals surface area contributed by atoms with Crippen molar-refractivity contribution in [3.63, 3.8) is 0 Å². The van der Waals surface area contributed by atoms with Crippen LogP contribution in [0.5, 0.6) is 0 Å². The fourth-order valence-corrected chi connectivity index (χ4v) is 3.66. The van der Waals surface area contributed by atoms with Crippen molar-refractivity contribution in [1.82, 2.24) is 5.32 Å². The largest absolute Gasteiger partial charge is 0.355 e. The van der Waals surface area contributed by atoms with Gasteiger partial charge >= 0.3 is 0 Å². The summed E-state index contributed by atoms with van der Waals surface area (Å²) in [5.41, 5.74) is 4.54. The molecular formula is C28H33NO. The number of amides is 1. The molecule has 2 nitrogen and oxygen atoms in total. The predicted octanol–water partition coefficient (Wildman–Crippen LogP) is 6.31. The normalized spacial score (nSPS) is 12.1. The van der Waals surface area contributed by atoms with Crippen molar-refractivity contribution in [2.45, 2.75) is 46.0 Å². The van der Waals surface area contributed by atoms with Crippen molar-refractivity contribution >= 4 is 5.91 Å². The van der Waals surface area contributed by atoms with E-state index in [0.717, 1.165) is 0 Å². The molecule has 0 aliphatic heterocycles. The molecule has 0 spiro atoms. The summed E-state index contributed by atoms with van der Waals surface area (Å²) in [7, 11) is 0. The first-order valence-corrected chi connectivity index (χ1v) is 10.7. The lowest BCUT2D eigenvalue weighted by atomic mass is 9.81. The quantitative estimate of drug-likeness (QED) is 0.484. The number of carbonyl (C=O) groups is 1. The second-order valence-corrected chi connectivity index (χ2v) is 9.69. The summed E-state index contributed by atoms with van der Waals surface area (Å²) in [5.74, 6) is 0.283. The van der Waals surface area contributed by atoms with Crippen LogP contribution in [0.4, 0.5) is 0 Å². The Morgan fingerprint density at radius 3 is 1.57 bits per heavy atom. The molecule has 0 fully saturated rings. The van der Waals surface area contributed by atoms with Gasteiger partial charge in [0.2, 0.25) is 5.91 Å². The van der Waals surface area contributed by atoms with Crippen LogP contribution in [-0.4, -0.2) is 12.5 Å². The van der Waals surface area contributed by atoms with Crippen molar-refractivity contribution in [2.24, 2.45) is 5.41 Å². The molecule has 0 saturated carbocycles. The van der Waals surface area contributed by atoms with E-state index in [0.29, 0.717) is 6.54 Å². The molecule has 0 bridgehead atoms. The van der Waals surface area contributed by atoms with E-state index in [1.54, 1.807) is 0 Å². The van der Waals surface area contributed by atoms with E-state index in [4.69, 9.17) is 0 Å².